The third-order valence-corrected chi connectivity index (χ3v) is 6.17. The van der Waals surface area contributed by atoms with E-state index < -0.39 is 9.84 Å². The van der Waals surface area contributed by atoms with Crippen molar-refractivity contribution in [2.24, 2.45) is 0 Å². The second kappa shape index (κ2) is 6.06. The zero-order chi connectivity index (χ0) is 13.9. The molecule has 0 fully saturated rings. The average molecular weight is 281 g/mol. The summed E-state index contributed by atoms with van der Waals surface area (Å²) in [6.07, 6.45) is 2.61. The van der Waals surface area contributed by atoms with Gasteiger partial charge in [0.05, 0.1) is 5.25 Å². The number of sulfone groups is 1. The van der Waals surface area contributed by atoms with Crippen LogP contribution in [-0.2, 0) is 16.3 Å². The molecule has 2 atom stereocenters. The molecule has 1 aliphatic rings. The predicted molar refractivity (Wildman–Crippen MR) is 79.0 cm³/mol. The van der Waals surface area contributed by atoms with Crippen LogP contribution in [0.5, 0.6) is 0 Å². The topological polar surface area (TPSA) is 46.2 Å². The van der Waals surface area contributed by atoms with Crippen LogP contribution in [0.4, 0.5) is 0 Å². The first-order valence-electron chi connectivity index (χ1n) is 7.13. The van der Waals surface area contributed by atoms with Crippen LogP contribution in [0.3, 0.4) is 0 Å². The maximum absolute atomic E-state index is 12.3. The first-order valence-corrected chi connectivity index (χ1v) is 8.84. The van der Waals surface area contributed by atoms with E-state index in [1.807, 2.05) is 12.1 Å². The Hall–Kier alpha value is -0.870. The first kappa shape index (κ1) is 14.5. The summed E-state index contributed by atoms with van der Waals surface area (Å²) >= 11 is 0. The van der Waals surface area contributed by atoms with Crippen LogP contribution in [0.2, 0.25) is 0 Å². The van der Waals surface area contributed by atoms with Gasteiger partial charge in [0.2, 0.25) is 0 Å². The molecule has 106 valence electrons. The van der Waals surface area contributed by atoms with Gasteiger partial charge in [-0.2, -0.15) is 0 Å². The van der Waals surface area contributed by atoms with Gasteiger partial charge in [-0.25, -0.2) is 8.42 Å². The molecule has 2 unspecified atom stereocenters. The fraction of sp³-hybridized carbons (Fsp3) is 0.600. The SMILES string of the molecule is CCCNC1c2ccccc2CCC1S(=O)(=O)CC. The molecule has 0 aromatic heterocycles. The second-order valence-electron chi connectivity index (χ2n) is 5.16. The Morgan fingerprint density at radius 1 is 1.26 bits per heavy atom. The lowest BCUT2D eigenvalue weighted by Gasteiger charge is -2.33. The molecule has 3 nitrogen and oxygen atoms in total. The van der Waals surface area contributed by atoms with Crippen molar-refractivity contribution in [1.82, 2.24) is 5.32 Å². The fourth-order valence-corrected chi connectivity index (χ4v) is 4.43. The Morgan fingerprint density at radius 2 is 2.00 bits per heavy atom. The third-order valence-electron chi connectivity index (χ3n) is 3.94. The van der Waals surface area contributed by atoms with Crippen molar-refractivity contribution in [2.45, 2.75) is 44.4 Å². The van der Waals surface area contributed by atoms with Crippen molar-refractivity contribution in [3.8, 4) is 0 Å². The van der Waals surface area contributed by atoms with E-state index in [2.05, 4.69) is 24.4 Å². The van der Waals surface area contributed by atoms with Crippen LogP contribution in [0.25, 0.3) is 0 Å². The van der Waals surface area contributed by atoms with Gasteiger partial charge in [-0.1, -0.05) is 38.1 Å². The summed E-state index contributed by atoms with van der Waals surface area (Å²) in [5.74, 6) is 0.226. The summed E-state index contributed by atoms with van der Waals surface area (Å²) in [6.45, 7) is 4.70. The Labute approximate surface area is 116 Å². The lowest BCUT2D eigenvalue weighted by molar-refractivity contribution is 0.448. The molecule has 1 N–H and O–H groups in total. The second-order valence-corrected chi connectivity index (χ2v) is 7.67. The summed E-state index contributed by atoms with van der Waals surface area (Å²) in [6, 6.07) is 8.17. The number of benzene rings is 1. The molecular formula is C15H23NO2S. The minimum atomic E-state index is -3.01. The molecule has 1 aromatic carbocycles. The standard InChI is InChI=1S/C15H23NO2S/c1-3-11-16-15-13-8-6-5-7-12(13)9-10-14(15)19(17,18)4-2/h5-8,14-16H,3-4,9-11H2,1-2H3. The van der Waals surface area contributed by atoms with Gasteiger partial charge in [0.15, 0.2) is 9.84 Å². The van der Waals surface area contributed by atoms with Gasteiger partial charge < -0.3 is 5.32 Å². The van der Waals surface area contributed by atoms with E-state index in [9.17, 15) is 8.42 Å². The highest BCUT2D eigenvalue weighted by Gasteiger charge is 2.36. The van der Waals surface area contributed by atoms with Crippen LogP contribution in [0, 0.1) is 0 Å². The van der Waals surface area contributed by atoms with Crippen molar-refractivity contribution < 1.29 is 8.42 Å². The number of aryl methyl sites for hydroxylation is 1. The van der Waals surface area contributed by atoms with E-state index in [-0.39, 0.29) is 17.0 Å². The highest BCUT2D eigenvalue weighted by atomic mass is 32.2. The van der Waals surface area contributed by atoms with E-state index in [0.29, 0.717) is 0 Å². The Balaban J connectivity index is 2.37. The van der Waals surface area contributed by atoms with E-state index in [0.717, 1.165) is 25.8 Å². The predicted octanol–water partition coefficient (Wildman–Crippen LogP) is 2.48. The van der Waals surface area contributed by atoms with Crippen LogP contribution >= 0.6 is 0 Å². The van der Waals surface area contributed by atoms with Crippen molar-refractivity contribution in [2.75, 3.05) is 12.3 Å². The maximum atomic E-state index is 12.3. The molecule has 0 radical (unpaired) electrons. The van der Waals surface area contributed by atoms with Crippen molar-refractivity contribution in [3.63, 3.8) is 0 Å². The lowest BCUT2D eigenvalue weighted by Crippen LogP contribution is -2.41. The quantitative estimate of drug-likeness (QED) is 0.902. The van der Waals surface area contributed by atoms with Crippen molar-refractivity contribution >= 4 is 9.84 Å². The molecule has 19 heavy (non-hydrogen) atoms. The highest BCUT2D eigenvalue weighted by molar-refractivity contribution is 7.92. The van der Waals surface area contributed by atoms with Crippen molar-refractivity contribution in [1.29, 1.82) is 0 Å². The average Bonchev–Trinajstić information content (AvgIpc) is 2.44. The molecule has 0 aliphatic heterocycles. The number of nitrogens with one attached hydrogen (secondary N) is 1. The molecule has 1 aliphatic carbocycles. The molecule has 4 heteroatoms. The molecule has 0 saturated carbocycles. The normalized spacial score (nSPS) is 23.1. The Bertz CT molecular complexity index is 525. The molecule has 1 aromatic rings. The van der Waals surface area contributed by atoms with E-state index in [4.69, 9.17) is 0 Å². The van der Waals surface area contributed by atoms with Crippen LogP contribution in [0.15, 0.2) is 24.3 Å². The molecule has 0 bridgehead atoms. The third kappa shape index (κ3) is 3.00. The van der Waals surface area contributed by atoms with E-state index in [1.165, 1.54) is 11.1 Å². The summed E-state index contributed by atoms with van der Waals surface area (Å²) in [5.41, 5.74) is 2.46. The maximum Gasteiger partial charge on any atom is 0.154 e. The van der Waals surface area contributed by atoms with Crippen molar-refractivity contribution in [3.05, 3.63) is 35.4 Å². The zero-order valence-corrected chi connectivity index (χ0v) is 12.5. The summed E-state index contributed by atoms with van der Waals surface area (Å²) in [5, 5.41) is 3.16. The number of rotatable bonds is 5. The van der Waals surface area contributed by atoms with Crippen LogP contribution in [0.1, 0.15) is 43.9 Å². The lowest BCUT2D eigenvalue weighted by atomic mass is 9.87. The highest BCUT2D eigenvalue weighted by Crippen LogP contribution is 2.34. The largest absolute Gasteiger partial charge is 0.309 e. The number of hydrogen-bond acceptors (Lipinski definition) is 3. The van der Waals surface area contributed by atoms with Gasteiger partial charge in [-0.3, -0.25) is 0 Å². The zero-order valence-electron chi connectivity index (χ0n) is 11.7. The van der Waals surface area contributed by atoms with E-state index >= 15 is 0 Å². The van der Waals surface area contributed by atoms with Gasteiger partial charge in [0, 0.05) is 11.8 Å². The summed E-state index contributed by atoms with van der Waals surface area (Å²) in [7, 11) is -3.01. The fourth-order valence-electron chi connectivity index (χ4n) is 2.87. The molecule has 2 rings (SSSR count). The molecule has 0 saturated heterocycles. The summed E-state index contributed by atoms with van der Waals surface area (Å²) in [4.78, 5) is 0. The Morgan fingerprint density at radius 3 is 2.68 bits per heavy atom. The monoisotopic (exact) mass is 281 g/mol. The smallest absolute Gasteiger partial charge is 0.154 e. The first-order chi connectivity index (χ1) is 9.10. The molecule has 0 amide bonds. The summed E-state index contributed by atoms with van der Waals surface area (Å²) < 4.78 is 24.6. The van der Waals surface area contributed by atoms with Gasteiger partial charge >= 0.3 is 0 Å². The van der Waals surface area contributed by atoms with Crippen LogP contribution < -0.4 is 5.32 Å². The van der Waals surface area contributed by atoms with Gasteiger partial charge in [-0.05, 0) is 36.9 Å². The Kier molecular flexibility index (Phi) is 4.63. The van der Waals surface area contributed by atoms with E-state index in [1.54, 1.807) is 6.92 Å². The number of fused-ring (bicyclic) bond motifs is 1. The van der Waals surface area contributed by atoms with Gasteiger partial charge in [0.25, 0.3) is 0 Å². The van der Waals surface area contributed by atoms with Gasteiger partial charge in [0.1, 0.15) is 0 Å². The molecular weight excluding hydrogens is 258 g/mol. The number of hydrogen-bond donors (Lipinski definition) is 1. The van der Waals surface area contributed by atoms with Gasteiger partial charge in [-0.15, -0.1) is 0 Å². The molecule has 0 spiro atoms. The van der Waals surface area contributed by atoms with Crippen LogP contribution in [-0.4, -0.2) is 26.0 Å². The minimum Gasteiger partial charge on any atom is -0.309 e. The minimum absolute atomic E-state index is 0.0464. The molecule has 0 heterocycles.